The first kappa shape index (κ1) is 24.1. The van der Waals surface area contributed by atoms with Gasteiger partial charge in [-0.3, -0.25) is 9.59 Å². The first-order chi connectivity index (χ1) is 14.8. The molecule has 9 nitrogen and oxygen atoms in total. The highest BCUT2D eigenvalue weighted by atomic mass is 16.7. The van der Waals surface area contributed by atoms with Gasteiger partial charge in [-0.05, 0) is 31.6 Å². The number of hydrogen-bond donors (Lipinski definition) is 3. The van der Waals surface area contributed by atoms with E-state index in [1.807, 2.05) is 0 Å². The summed E-state index contributed by atoms with van der Waals surface area (Å²) in [6, 6.07) is 2.81. The number of cyclic esters (lactones) is 1. The van der Waals surface area contributed by atoms with E-state index in [-0.39, 0.29) is 60.8 Å². The molecule has 0 saturated carbocycles. The van der Waals surface area contributed by atoms with Crippen LogP contribution < -0.4 is 10.2 Å². The average molecular weight is 433 g/mol. The zero-order chi connectivity index (χ0) is 22.8. The number of rotatable bonds is 5. The number of esters is 1. The second-order valence-electron chi connectivity index (χ2n) is 6.99. The lowest BCUT2D eigenvalue weighted by atomic mass is 10.0. The van der Waals surface area contributed by atoms with Crippen molar-refractivity contribution in [3.05, 3.63) is 41.5 Å². The van der Waals surface area contributed by atoms with Crippen LogP contribution in [0.15, 0.2) is 30.4 Å². The lowest BCUT2D eigenvalue weighted by Crippen LogP contribution is -2.24. The first-order valence-electron chi connectivity index (χ1n) is 9.91. The van der Waals surface area contributed by atoms with Crippen LogP contribution >= 0.6 is 0 Å². The zero-order valence-corrected chi connectivity index (χ0v) is 17.5. The van der Waals surface area contributed by atoms with Crippen LogP contribution in [0.2, 0.25) is 0 Å². The fraction of sp³-hybridized carbons (Fsp3) is 0.409. The maximum absolute atomic E-state index is 12.7. The Kier molecular flexibility index (Phi) is 9.23. The third kappa shape index (κ3) is 7.88. The monoisotopic (exact) mass is 433 g/mol. The summed E-state index contributed by atoms with van der Waals surface area (Å²) in [5.74, 6) is -1.39. The summed E-state index contributed by atoms with van der Waals surface area (Å²) >= 11 is 0. The van der Waals surface area contributed by atoms with Gasteiger partial charge in [-0.25, -0.2) is 4.79 Å². The van der Waals surface area contributed by atoms with E-state index >= 15 is 0 Å². The number of allylic oxidation sites excluding steroid dienone is 1. The third-order valence-corrected chi connectivity index (χ3v) is 4.27. The Morgan fingerprint density at radius 3 is 2.81 bits per heavy atom. The summed E-state index contributed by atoms with van der Waals surface area (Å²) < 4.78 is 11.1. The predicted octanol–water partition coefficient (Wildman–Crippen LogP) is 2.07. The standard InChI is InChI=1S/C22H27NO8/c1-14-5-3-6-16(25)13-17(26)7-4-8-18-20(29-12-11-23-31-15(2)24)10-9-19(27)21(18)22(28)30-14/h3-5,8-10,14,17,23,26-27H,6-7,11-13H2,1-2H3/t14-,17-/m0/s1. The number of Topliss-reactive ketones (excluding diaryl/α,β-unsaturated/α-hetero) is 1. The van der Waals surface area contributed by atoms with Crippen LogP contribution in [0.5, 0.6) is 11.5 Å². The van der Waals surface area contributed by atoms with Gasteiger partial charge < -0.3 is 24.5 Å². The Morgan fingerprint density at radius 1 is 1.29 bits per heavy atom. The molecular weight excluding hydrogens is 406 g/mol. The van der Waals surface area contributed by atoms with Crippen molar-refractivity contribution in [3.63, 3.8) is 0 Å². The van der Waals surface area contributed by atoms with Crippen LogP contribution in [-0.4, -0.2) is 53.3 Å². The predicted molar refractivity (Wildman–Crippen MR) is 111 cm³/mol. The molecule has 1 aliphatic heterocycles. The van der Waals surface area contributed by atoms with Gasteiger partial charge in [0.25, 0.3) is 0 Å². The molecule has 0 aliphatic carbocycles. The Labute approximate surface area is 180 Å². The minimum Gasteiger partial charge on any atom is -0.507 e. The molecule has 168 valence electrons. The quantitative estimate of drug-likeness (QED) is 0.276. The van der Waals surface area contributed by atoms with Gasteiger partial charge in [-0.1, -0.05) is 18.2 Å². The zero-order valence-electron chi connectivity index (χ0n) is 17.5. The lowest BCUT2D eigenvalue weighted by Gasteiger charge is -2.16. The molecule has 1 aromatic carbocycles. The number of carbonyl (C=O) groups is 3. The van der Waals surface area contributed by atoms with Crippen molar-refractivity contribution in [1.82, 2.24) is 5.48 Å². The van der Waals surface area contributed by atoms with Crippen molar-refractivity contribution in [2.45, 2.75) is 45.3 Å². The molecular formula is C22H27NO8. The van der Waals surface area contributed by atoms with Crippen LogP contribution in [0.25, 0.3) is 6.08 Å². The summed E-state index contributed by atoms with van der Waals surface area (Å²) in [4.78, 5) is 40.1. The topological polar surface area (TPSA) is 131 Å². The number of phenols is 1. The number of benzene rings is 1. The van der Waals surface area contributed by atoms with Gasteiger partial charge in [-0.15, -0.1) is 5.48 Å². The lowest BCUT2D eigenvalue weighted by molar-refractivity contribution is -0.148. The van der Waals surface area contributed by atoms with Crippen molar-refractivity contribution >= 4 is 23.8 Å². The molecule has 0 bridgehead atoms. The van der Waals surface area contributed by atoms with Gasteiger partial charge in [0.05, 0.1) is 12.6 Å². The highest BCUT2D eigenvalue weighted by Crippen LogP contribution is 2.32. The number of hydroxylamine groups is 1. The Bertz CT molecular complexity index is 861. The van der Waals surface area contributed by atoms with Crippen molar-refractivity contribution in [1.29, 1.82) is 0 Å². The second-order valence-corrected chi connectivity index (χ2v) is 6.99. The molecule has 1 aliphatic rings. The third-order valence-electron chi connectivity index (χ3n) is 4.27. The molecule has 0 amide bonds. The summed E-state index contributed by atoms with van der Waals surface area (Å²) in [5, 5.41) is 20.4. The Hall–Kier alpha value is -3.17. The number of phenolic OH excluding ortho intramolecular Hbond substituents is 1. The molecule has 0 saturated heterocycles. The number of nitrogens with one attached hydrogen (secondary N) is 1. The van der Waals surface area contributed by atoms with E-state index in [4.69, 9.17) is 9.47 Å². The number of carbonyl (C=O) groups excluding carboxylic acids is 3. The molecule has 0 aromatic heterocycles. The van der Waals surface area contributed by atoms with Gasteiger partial charge >= 0.3 is 11.9 Å². The Morgan fingerprint density at radius 2 is 2.06 bits per heavy atom. The van der Waals surface area contributed by atoms with E-state index < -0.39 is 24.1 Å². The van der Waals surface area contributed by atoms with Gasteiger partial charge in [0.15, 0.2) is 0 Å². The molecule has 3 N–H and O–H groups in total. The van der Waals surface area contributed by atoms with Crippen LogP contribution in [0.4, 0.5) is 0 Å². The molecule has 0 spiro atoms. The number of aliphatic hydroxyl groups is 1. The summed E-state index contributed by atoms with van der Waals surface area (Å²) in [5.41, 5.74) is 2.62. The van der Waals surface area contributed by atoms with Gasteiger partial charge in [0.1, 0.15) is 35.6 Å². The summed E-state index contributed by atoms with van der Waals surface area (Å²) in [6.45, 7) is 3.18. The van der Waals surface area contributed by atoms with Crippen LogP contribution in [-0.2, 0) is 19.2 Å². The van der Waals surface area contributed by atoms with Gasteiger partial charge in [0, 0.05) is 25.3 Å². The molecule has 2 atom stereocenters. The van der Waals surface area contributed by atoms with E-state index in [0.717, 1.165) is 0 Å². The number of aromatic hydroxyl groups is 1. The molecule has 1 heterocycles. The number of aliphatic hydroxyl groups excluding tert-OH is 1. The van der Waals surface area contributed by atoms with Gasteiger partial charge in [0.2, 0.25) is 0 Å². The van der Waals surface area contributed by atoms with Crippen LogP contribution in [0.1, 0.15) is 49.0 Å². The SMILES string of the molecule is CC(=O)ONCCOc1ccc(O)c2c1C=CC[C@H](O)CC(=O)CC=C[C@H](C)OC2=O. The minimum atomic E-state index is -0.873. The second kappa shape index (κ2) is 11.9. The van der Waals surface area contributed by atoms with Crippen molar-refractivity contribution in [2.24, 2.45) is 0 Å². The highest BCUT2D eigenvalue weighted by molar-refractivity contribution is 5.98. The maximum atomic E-state index is 12.7. The molecule has 31 heavy (non-hydrogen) atoms. The maximum Gasteiger partial charge on any atom is 0.343 e. The molecule has 9 heteroatoms. The van der Waals surface area contributed by atoms with Crippen molar-refractivity contribution in [3.8, 4) is 11.5 Å². The fourth-order valence-corrected chi connectivity index (χ4v) is 2.88. The van der Waals surface area contributed by atoms with Crippen LogP contribution in [0.3, 0.4) is 0 Å². The normalized spacial score (nSPS) is 19.8. The van der Waals surface area contributed by atoms with E-state index in [9.17, 15) is 24.6 Å². The smallest absolute Gasteiger partial charge is 0.343 e. The van der Waals surface area contributed by atoms with E-state index in [1.165, 1.54) is 25.1 Å². The number of hydrogen-bond acceptors (Lipinski definition) is 9. The number of fused-ring (bicyclic) bond motifs is 1. The fourth-order valence-electron chi connectivity index (χ4n) is 2.88. The molecule has 1 aromatic rings. The summed E-state index contributed by atoms with van der Waals surface area (Å²) in [6.07, 6.45) is 5.08. The van der Waals surface area contributed by atoms with Crippen LogP contribution in [0, 0.1) is 0 Å². The van der Waals surface area contributed by atoms with E-state index in [2.05, 4.69) is 10.3 Å². The highest BCUT2D eigenvalue weighted by Gasteiger charge is 2.22. The van der Waals surface area contributed by atoms with E-state index in [0.29, 0.717) is 0 Å². The van der Waals surface area contributed by atoms with Gasteiger partial charge in [-0.2, -0.15) is 0 Å². The van der Waals surface area contributed by atoms with Crippen molar-refractivity contribution in [2.75, 3.05) is 13.2 Å². The molecule has 2 rings (SSSR count). The minimum absolute atomic E-state index is 0.000914. The first-order valence-corrected chi connectivity index (χ1v) is 9.91. The number of ketones is 1. The number of ether oxygens (including phenoxy) is 2. The van der Waals surface area contributed by atoms with Crippen molar-refractivity contribution < 1.29 is 38.9 Å². The average Bonchev–Trinajstić information content (AvgIpc) is 2.68. The van der Waals surface area contributed by atoms with E-state index in [1.54, 1.807) is 25.2 Å². The Balaban J connectivity index is 2.32. The molecule has 0 unspecified atom stereocenters. The molecule has 0 fully saturated rings. The summed E-state index contributed by atoms with van der Waals surface area (Å²) in [7, 11) is 0. The molecule has 0 radical (unpaired) electrons. The largest absolute Gasteiger partial charge is 0.507 e.